The number of nitrogens with zero attached hydrogens (tertiary/aromatic N) is 3. The van der Waals surface area contributed by atoms with Crippen LogP contribution in [0.4, 0.5) is 11.4 Å². The minimum Gasteiger partial charge on any atom is -0.364 e. The fourth-order valence-electron chi connectivity index (χ4n) is 4.31. The van der Waals surface area contributed by atoms with Crippen LogP contribution < -0.4 is 10.6 Å². The Bertz CT molecular complexity index is 1300. The molecule has 1 saturated carbocycles. The van der Waals surface area contributed by atoms with Crippen molar-refractivity contribution in [3.8, 4) is 11.1 Å². The van der Waals surface area contributed by atoms with Gasteiger partial charge in [-0.3, -0.25) is 4.79 Å². The van der Waals surface area contributed by atoms with E-state index in [4.69, 9.17) is 17.3 Å². The van der Waals surface area contributed by atoms with Crippen LogP contribution in [0.25, 0.3) is 22.0 Å². The summed E-state index contributed by atoms with van der Waals surface area (Å²) in [7, 11) is 0. The predicted octanol–water partition coefficient (Wildman–Crippen LogP) is 5.99. The van der Waals surface area contributed by atoms with Gasteiger partial charge in [-0.15, -0.1) is 10.2 Å². The third kappa shape index (κ3) is 3.69. The Kier molecular flexibility index (Phi) is 5.27. The molecule has 1 heterocycles. The zero-order chi connectivity index (χ0) is 22.2. The van der Waals surface area contributed by atoms with Crippen molar-refractivity contribution in [2.24, 2.45) is 11.7 Å². The topological polar surface area (TPSA) is 72.1 Å². The standard InChI is InChI=1S/C26H23ClN4O/c1-16(17-11-12-17)31(19-7-3-2-4-8-19)25-21-14-13-18(20-9-5-6-10-22(20)27)15-23(21)29-30-24(25)26(28)32/h2-10,13-17H,11-12H2,1H3,(H2,28,32)/t16-/m1/s1. The first kappa shape index (κ1) is 20.5. The Morgan fingerprint density at radius 3 is 2.44 bits per heavy atom. The number of hydrogen-bond acceptors (Lipinski definition) is 4. The number of primary amides is 1. The smallest absolute Gasteiger partial charge is 0.271 e. The lowest BCUT2D eigenvalue weighted by Gasteiger charge is -2.33. The van der Waals surface area contributed by atoms with Gasteiger partial charge in [-0.25, -0.2) is 0 Å². The van der Waals surface area contributed by atoms with Crippen LogP contribution >= 0.6 is 11.6 Å². The molecule has 5 nitrogen and oxygen atoms in total. The second kappa shape index (κ2) is 8.24. The van der Waals surface area contributed by atoms with Crippen molar-refractivity contribution in [2.45, 2.75) is 25.8 Å². The van der Waals surface area contributed by atoms with Crippen molar-refractivity contribution in [1.29, 1.82) is 0 Å². The molecule has 0 unspecified atom stereocenters. The van der Waals surface area contributed by atoms with Crippen LogP contribution in [0.3, 0.4) is 0 Å². The number of fused-ring (bicyclic) bond motifs is 1. The van der Waals surface area contributed by atoms with E-state index in [1.165, 1.54) is 12.8 Å². The molecule has 1 aromatic heterocycles. The van der Waals surface area contributed by atoms with E-state index in [1.54, 1.807) is 0 Å². The summed E-state index contributed by atoms with van der Waals surface area (Å²) in [6, 6.07) is 23.9. The summed E-state index contributed by atoms with van der Waals surface area (Å²) < 4.78 is 0. The number of para-hydroxylation sites is 1. The van der Waals surface area contributed by atoms with Gasteiger partial charge in [-0.2, -0.15) is 0 Å². The average Bonchev–Trinajstić information content (AvgIpc) is 3.65. The molecule has 1 aliphatic carbocycles. The maximum absolute atomic E-state index is 12.4. The summed E-state index contributed by atoms with van der Waals surface area (Å²) in [6.45, 7) is 2.19. The third-order valence-corrected chi connectivity index (χ3v) is 6.47. The number of hydrogen-bond donors (Lipinski definition) is 1. The maximum Gasteiger partial charge on any atom is 0.271 e. The molecular weight excluding hydrogens is 420 g/mol. The van der Waals surface area contributed by atoms with Crippen molar-refractivity contribution in [3.63, 3.8) is 0 Å². The molecule has 0 radical (unpaired) electrons. The monoisotopic (exact) mass is 442 g/mol. The highest BCUT2D eigenvalue weighted by atomic mass is 35.5. The predicted molar refractivity (Wildman–Crippen MR) is 129 cm³/mol. The quantitative estimate of drug-likeness (QED) is 0.398. The Labute approximate surface area is 191 Å². The summed E-state index contributed by atoms with van der Waals surface area (Å²) in [4.78, 5) is 14.6. The highest BCUT2D eigenvalue weighted by Gasteiger charge is 2.35. The summed E-state index contributed by atoms with van der Waals surface area (Å²) in [5.74, 6) is -0.0324. The second-order valence-corrected chi connectivity index (χ2v) is 8.66. The molecule has 32 heavy (non-hydrogen) atoms. The van der Waals surface area contributed by atoms with Gasteiger partial charge in [-0.05, 0) is 61.6 Å². The Morgan fingerprint density at radius 1 is 1.03 bits per heavy atom. The summed E-state index contributed by atoms with van der Waals surface area (Å²) in [5.41, 5.74) is 10.2. The van der Waals surface area contributed by atoms with Crippen molar-refractivity contribution in [3.05, 3.63) is 83.5 Å². The van der Waals surface area contributed by atoms with Gasteiger partial charge in [0.1, 0.15) is 0 Å². The first-order chi connectivity index (χ1) is 15.5. The van der Waals surface area contributed by atoms with Crippen LogP contribution in [0, 0.1) is 5.92 Å². The SMILES string of the molecule is C[C@H](C1CC1)N(c1ccccc1)c1c(C(N)=O)nnc2cc(-c3ccccc3Cl)ccc12. The van der Waals surface area contributed by atoms with E-state index in [0.29, 0.717) is 22.1 Å². The molecule has 0 spiro atoms. The van der Waals surface area contributed by atoms with Gasteiger partial charge >= 0.3 is 0 Å². The number of carbonyl (C=O) groups is 1. The Balaban J connectivity index is 1.75. The van der Waals surface area contributed by atoms with E-state index in [1.807, 2.05) is 72.8 Å². The fourth-order valence-corrected chi connectivity index (χ4v) is 4.56. The highest BCUT2D eigenvalue weighted by molar-refractivity contribution is 6.33. The number of anilines is 2. The van der Waals surface area contributed by atoms with Crippen LogP contribution in [0.15, 0.2) is 72.8 Å². The first-order valence-corrected chi connectivity index (χ1v) is 11.1. The third-order valence-electron chi connectivity index (χ3n) is 6.14. The van der Waals surface area contributed by atoms with Crippen LogP contribution in [0.5, 0.6) is 0 Å². The van der Waals surface area contributed by atoms with Crippen molar-refractivity contribution < 1.29 is 4.79 Å². The minimum absolute atomic E-state index is 0.180. The van der Waals surface area contributed by atoms with E-state index in [0.717, 1.165) is 22.2 Å². The molecular formula is C26H23ClN4O. The molecule has 0 aliphatic heterocycles. The summed E-state index contributed by atoms with van der Waals surface area (Å²) in [6.07, 6.45) is 2.34. The molecule has 4 aromatic rings. The summed E-state index contributed by atoms with van der Waals surface area (Å²) >= 11 is 6.42. The zero-order valence-corrected chi connectivity index (χ0v) is 18.5. The van der Waals surface area contributed by atoms with Crippen LogP contribution in [-0.2, 0) is 0 Å². The van der Waals surface area contributed by atoms with Gasteiger partial charge in [0, 0.05) is 27.7 Å². The van der Waals surface area contributed by atoms with Gasteiger partial charge in [0.05, 0.1) is 11.2 Å². The molecule has 6 heteroatoms. The van der Waals surface area contributed by atoms with E-state index < -0.39 is 5.91 Å². The van der Waals surface area contributed by atoms with Crippen LogP contribution in [-0.4, -0.2) is 22.1 Å². The van der Waals surface area contributed by atoms with Gasteiger partial charge in [0.2, 0.25) is 0 Å². The maximum atomic E-state index is 12.4. The fraction of sp³-hybridized carbons (Fsp3) is 0.192. The van der Waals surface area contributed by atoms with Crippen molar-refractivity contribution >= 4 is 39.8 Å². The Hall–Kier alpha value is -3.44. The van der Waals surface area contributed by atoms with Gasteiger partial charge in [0.25, 0.3) is 5.91 Å². The molecule has 0 saturated heterocycles. The number of halogens is 1. The normalized spacial score (nSPS) is 14.3. The zero-order valence-electron chi connectivity index (χ0n) is 17.7. The van der Waals surface area contributed by atoms with E-state index >= 15 is 0 Å². The average molecular weight is 443 g/mol. The van der Waals surface area contributed by atoms with Crippen molar-refractivity contribution in [1.82, 2.24) is 10.2 Å². The van der Waals surface area contributed by atoms with E-state index in [2.05, 4.69) is 22.0 Å². The van der Waals surface area contributed by atoms with Gasteiger partial charge in [0.15, 0.2) is 5.69 Å². The van der Waals surface area contributed by atoms with E-state index in [-0.39, 0.29) is 11.7 Å². The van der Waals surface area contributed by atoms with Gasteiger partial charge in [-0.1, -0.05) is 54.1 Å². The van der Waals surface area contributed by atoms with Crippen LogP contribution in [0.2, 0.25) is 5.02 Å². The lowest BCUT2D eigenvalue weighted by molar-refractivity contribution is 0.0995. The summed E-state index contributed by atoms with van der Waals surface area (Å²) in [5, 5.41) is 10.1. The van der Waals surface area contributed by atoms with Crippen molar-refractivity contribution in [2.75, 3.05) is 4.90 Å². The van der Waals surface area contributed by atoms with E-state index in [9.17, 15) is 4.79 Å². The second-order valence-electron chi connectivity index (χ2n) is 8.26. The molecule has 5 rings (SSSR count). The molecule has 0 bridgehead atoms. The van der Waals surface area contributed by atoms with Crippen LogP contribution in [0.1, 0.15) is 30.3 Å². The molecule has 1 aliphatic rings. The van der Waals surface area contributed by atoms with Gasteiger partial charge < -0.3 is 10.6 Å². The Morgan fingerprint density at radius 2 is 1.75 bits per heavy atom. The largest absolute Gasteiger partial charge is 0.364 e. The molecule has 160 valence electrons. The molecule has 1 fully saturated rings. The highest BCUT2D eigenvalue weighted by Crippen LogP contribution is 2.43. The lowest BCUT2D eigenvalue weighted by Crippen LogP contribution is -2.33. The number of rotatable bonds is 6. The number of carbonyl (C=O) groups excluding carboxylic acids is 1. The molecule has 1 amide bonds. The minimum atomic E-state index is -0.589. The number of amides is 1. The number of aromatic nitrogens is 2. The molecule has 3 aromatic carbocycles. The number of benzene rings is 3. The molecule has 1 atom stereocenters. The molecule has 2 N–H and O–H groups in total. The number of nitrogens with two attached hydrogens (primary N) is 1. The lowest BCUT2D eigenvalue weighted by atomic mass is 10.0. The first-order valence-electron chi connectivity index (χ1n) is 10.7.